The molecule has 1 aromatic carbocycles. The Morgan fingerprint density at radius 2 is 1.89 bits per heavy atom. The van der Waals surface area contributed by atoms with Gasteiger partial charge in [-0.2, -0.15) is 0 Å². The predicted octanol–water partition coefficient (Wildman–Crippen LogP) is 2.52. The molecule has 0 spiro atoms. The second-order valence-corrected chi connectivity index (χ2v) is 7.70. The van der Waals surface area contributed by atoms with Crippen LogP contribution < -0.4 is 0 Å². The molecule has 4 heteroatoms. The van der Waals surface area contributed by atoms with Crippen molar-refractivity contribution < 1.29 is 5.11 Å². The number of pyridine rings is 1. The van der Waals surface area contributed by atoms with Crippen LogP contribution in [0.4, 0.5) is 0 Å². The first-order valence-corrected chi connectivity index (χ1v) is 9.85. The lowest BCUT2D eigenvalue weighted by atomic mass is 9.94. The van der Waals surface area contributed by atoms with Crippen LogP contribution in [0.25, 0.3) is 0 Å². The summed E-state index contributed by atoms with van der Waals surface area (Å²) in [7, 11) is 0. The van der Waals surface area contributed by atoms with Crippen LogP contribution in [0.3, 0.4) is 0 Å². The molecule has 3 saturated heterocycles. The summed E-state index contributed by atoms with van der Waals surface area (Å²) >= 11 is 0. The van der Waals surface area contributed by atoms with Crippen molar-refractivity contribution in [2.24, 2.45) is 5.92 Å². The van der Waals surface area contributed by atoms with Crippen LogP contribution in [0.5, 0.6) is 0 Å². The van der Waals surface area contributed by atoms with Gasteiger partial charge in [-0.25, -0.2) is 0 Å². The van der Waals surface area contributed by atoms with Crippen molar-refractivity contribution in [1.29, 1.82) is 0 Å². The number of rotatable bonds is 4. The zero-order chi connectivity index (χ0) is 18.5. The van der Waals surface area contributed by atoms with Crippen molar-refractivity contribution in [3.8, 4) is 11.8 Å². The Morgan fingerprint density at radius 1 is 1.00 bits per heavy atom. The van der Waals surface area contributed by atoms with Gasteiger partial charge in [0.25, 0.3) is 0 Å². The minimum atomic E-state index is -0.0897. The van der Waals surface area contributed by atoms with E-state index in [1.807, 2.05) is 12.3 Å². The predicted molar refractivity (Wildman–Crippen MR) is 107 cm³/mol. The molecule has 0 amide bonds. The number of piperidine rings is 1. The summed E-state index contributed by atoms with van der Waals surface area (Å²) < 4.78 is 0. The van der Waals surface area contributed by atoms with Crippen LogP contribution >= 0.6 is 0 Å². The first-order valence-electron chi connectivity index (χ1n) is 9.85. The van der Waals surface area contributed by atoms with Crippen LogP contribution in [-0.2, 0) is 13.1 Å². The minimum absolute atomic E-state index is 0.0897. The molecule has 2 atom stereocenters. The zero-order valence-corrected chi connectivity index (χ0v) is 15.7. The highest BCUT2D eigenvalue weighted by atomic mass is 16.2. The van der Waals surface area contributed by atoms with E-state index in [1.54, 1.807) is 0 Å². The van der Waals surface area contributed by atoms with Gasteiger partial charge in [0.1, 0.15) is 6.61 Å². The van der Waals surface area contributed by atoms with E-state index in [-0.39, 0.29) is 6.61 Å². The molecule has 140 valence electrons. The Morgan fingerprint density at radius 3 is 2.67 bits per heavy atom. The molecule has 27 heavy (non-hydrogen) atoms. The maximum atomic E-state index is 8.81. The number of hydrogen-bond donors (Lipinski definition) is 1. The standard InChI is InChI=1S/C23H27N3O/c27-13-3-4-19-6-8-20(9-7-19)15-26-16-21-10-11-23(26)18-25(14-21)17-22-5-1-2-12-24-22/h1-2,5-9,12,21,23,27H,10-11,13-18H2. The third-order valence-electron chi connectivity index (χ3n) is 5.67. The summed E-state index contributed by atoms with van der Waals surface area (Å²) in [6.07, 6.45) is 4.53. The van der Waals surface area contributed by atoms with E-state index < -0.39 is 0 Å². The average molecular weight is 361 g/mol. The number of aliphatic hydroxyl groups is 1. The molecule has 0 aliphatic carbocycles. The van der Waals surface area contributed by atoms with E-state index >= 15 is 0 Å². The minimum Gasteiger partial charge on any atom is -0.384 e. The van der Waals surface area contributed by atoms with Crippen molar-refractivity contribution in [3.05, 3.63) is 65.5 Å². The van der Waals surface area contributed by atoms with Gasteiger partial charge in [0, 0.05) is 50.5 Å². The summed E-state index contributed by atoms with van der Waals surface area (Å²) in [6.45, 7) is 5.38. The molecule has 2 aromatic rings. The normalized spacial score (nSPS) is 22.9. The highest BCUT2D eigenvalue weighted by molar-refractivity contribution is 5.36. The average Bonchev–Trinajstić information content (AvgIpc) is 2.99. The third kappa shape index (κ3) is 4.75. The fraction of sp³-hybridized carbons (Fsp3) is 0.435. The van der Waals surface area contributed by atoms with E-state index in [2.05, 4.69) is 63.0 Å². The maximum absolute atomic E-state index is 8.81. The van der Waals surface area contributed by atoms with Crippen molar-refractivity contribution in [2.45, 2.75) is 32.0 Å². The molecule has 2 bridgehead atoms. The molecule has 0 saturated carbocycles. The van der Waals surface area contributed by atoms with Crippen molar-refractivity contribution in [1.82, 2.24) is 14.8 Å². The molecule has 3 aliphatic heterocycles. The second-order valence-electron chi connectivity index (χ2n) is 7.70. The molecule has 2 unspecified atom stereocenters. The number of nitrogens with zero attached hydrogens (tertiary/aromatic N) is 3. The lowest BCUT2D eigenvalue weighted by Crippen LogP contribution is -2.43. The van der Waals surface area contributed by atoms with Crippen molar-refractivity contribution >= 4 is 0 Å². The molecular formula is C23H27N3O. The Hall–Kier alpha value is -2.19. The molecule has 3 aliphatic rings. The SMILES string of the molecule is OCC#Cc1ccc(CN2CC3CCC2CN(Cc2ccccn2)C3)cc1. The highest BCUT2D eigenvalue weighted by Gasteiger charge is 2.34. The molecule has 5 rings (SSSR count). The Bertz CT molecular complexity index is 794. The quantitative estimate of drug-likeness (QED) is 0.850. The smallest absolute Gasteiger partial charge is 0.104 e. The molecule has 0 radical (unpaired) electrons. The maximum Gasteiger partial charge on any atom is 0.104 e. The zero-order valence-electron chi connectivity index (χ0n) is 15.7. The topological polar surface area (TPSA) is 39.6 Å². The van der Waals surface area contributed by atoms with Gasteiger partial charge in [-0.15, -0.1) is 0 Å². The van der Waals surface area contributed by atoms with Gasteiger partial charge in [-0.05, 0) is 48.6 Å². The van der Waals surface area contributed by atoms with Crippen LogP contribution in [0.1, 0.15) is 29.7 Å². The molecule has 1 aromatic heterocycles. The number of fused-ring (bicyclic) bond motifs is 4. The highest BCUT2D eigenvalue weighted by Crippen LogP contribution is 2.29. The Labute approximate surface area is 161 Å². The first-order chi connectivity index (χ1) is 13.3. The van der Waals surface area contributed by atoms with Gasteiger partial charge in [0.05, 0.1) is 5.69 Å². The third-order valence-corrected chi connectivity index (χ3v) is 5.67. The molecular weight excluding hydrogens is 334 g/mol. The van der Waals surface area contributed by atoms with Gasteiger partial charge in [-0.1, -0.05) is 30.0 Å². The summed E-state index contributed by atoms with van der Waals surface area (Å²) in [6, 6.07) is 15.3. The number of benzene rings is 1. The van der Waals surface area contributed by atoms with Gasteiger partial charge >= 0.3 is 0 Å². The Kier molecular flexibility index (Phi) is 5.84. The number of aromatic nitrogens is 1. The van der Waals surface area contributed by atoms with E-state index in [0.29, 0.717) is 6.04 Å². The van der Waals surface area contributed by atoms with Gasteiger partial charge in [-0.3, -0.25) is 14.8 Å². The van der Waals surface area contributed by atoms with E-state index in [4.69, 9.17) is 5.11 Å². The summed E-state index contributed by atoms with van der Waals surface area (Å²) in [5.74, 6) is 6.42. The molecule has 4 heterocycles. The lowest BCUT2D eigenvalue weighted by Gasteiger charge is -2.36. The summed E-state index contributed by atoms with van der Waals surface area (Å²) in [4.78, 5) is 9.77. The van der Waals surface area contributed by atoms with Crippen molar-refractivity contribution in [2.75, 3.05) is 26.2 Å². The van der Waals surface area contributed by atoms with Gasteiger partial charge < -0.3 is 5.11 Å². The van der Waals surface area contributed by atoms with Crippen LogP contribution in [0.15, 0.2) is 48.7 Å². The fourth-order valence-electron chi connectivity index (χ4n) is 4.39. The van der Waals surface area contributed by atoms with E-state index in [9.17, 15) is 0 Å². The van der Waals surface area contributed by atoms with Crippen LogP contribution in [0.2, 0.25) is 0 Å². The molecule has 1 N–H and O–H groups in total. The number of aliphatic hydroxyl groups excluding tert-OH is 1. The monoisotopic (exact) mass is 361 g/mol. The van der Waals surface area contributed by atoms with Crippen LogP contribution in [0, 0.1) is 17.8 Å². The first kappa shape index (κ1) is 18.2. The van der Waals surface area contributed by atoms with Crippen molar-refractivity contribution in [3.63, 3.8) is 0 Å². The summed E-state index contributed by atoms with van der Waals surface area (Å²) in [5, 5.41) is 8.81. The second kappa shape index (κ2) is 8.67. The van der Waals surface area contributed by atoms with E-state index in [1.165, 1.54) is 37.2 Å². The van der Waals surface area contributed by atoms with E-state index in [0.717, 1.165) is 31.1 Å². The molecule has 4 nitrogen and oxygen atoms in total. The Balaban J connectivity index is 1.40. The van der Waals surface area contributed by atoms with Gasteiger partial charge in [0.2, 0.25) is 0 Å². The fourth-order valence-corrected chi connectivity index (χ4v) is 4.39. The largest absolute Gasteiger partial charge is 0.384 e. The summed E-state index contributed by atoms with van der Waals surface area (Å²) in [5.41, 5.74) is 3.48. The number of hydrogen-bond acceptors (Lipinski definition) is 4. The van der Waals surface area contributed by atoms with Gasteiger partial charge in [0.15, 0.2) is 0 Å². The molecule has 3 fully saturated rings. The lowest BCUT2D eigenvalue weighted by molar-refractivity contribution is 0.123. The van der Waals surface area contributed by atoms with Crippen LogP contribution in [-0.4, -0.2) is 52.2 Å².